The highest BCUT2D eigenvalue weighted by Crippen LogP contribution is 2.36. The van der Waals surface area contributed by atoms with E-state index >= 15 is 0 Å². The topological polar surface area (TPSA) is 61.0 Å². The fourth-order valence-electron chi connectivity index (χ4n) is 2.34. The molecule has 2 N–H and O–H groups in total. The zero-order chi connectivity index (χ0) is 18.0. The van der Waals surface area contributed by atoms with Crippen molar-refractivity contribution in [3.05, 3.63) is 75.0 Å². The van der Waals surface area contributed by atoms with Crippen LogP contribution in [-0.2, 0) is 6.18 Å². The Balaban J connectivity index is 2.11. The van der Waals surface area contributed by atoms with Crippen LogP contribution in [0.3, 0.4) is 0 Å². The molecule has 3 aromatic rings. The standard InChI is InChI=1S/C17H11ClF3N3O/c18-13-7-3-4-8-14(13)22-9-11-15(23-24-16(11)25)10-5-1-2-6-12(10)17(19,20)21/h1-9H,(H2,23,24,25). The minimum absolute atomic E-state index is 0.00808. The van der Waals surface area contributed by atoms with Crippen molar-refractivity contribution in [3.8, 4) is 11.3 Å². The van der Waals surface area contributed by atoms with E-state index in [0.717, 1.165) is 6.07 Å². The van der Waals surface area contributed by atoms with E-state index in [1.165, 1.54) is 24.4 Å². The molecule has 128 valence electrons. The highest BCUT2D eigenvalue weighted by Gasteiger charge is 2.34. The highest BCUT2D eigenvalue weighted by molar-refractivity contribution is 6.33. The Kier molecular flexibility index (Phi) is 4.50. The quantitative estimate of drug-likeness (QED) is 0.644. The first-order valence-electron chi connectivity index (χ1n) is 7.14. The van der Waals surface area contributed by atoms with Crippen LogP contribution in [0.25, 0.3) is 11.3 Å². The lowest BCUT2D eigenvalue weighted by atomic mass is 10.0. The molecule has 4 nitrogen and oxygen atoms in total. The number of H-pyrrole nitrogens is 2. The molecule has 0 unspecified atom stereocenters. The molecular formula is C17H11ClF3N3O. The number of hydrogen-bond acceptors (Lipinski definition) is 2. The number of nitrogens with zero attached hydrogens (tertiary/aromatic N) is 1. The second-order valence-electron chi connectivity index (χ2n) is 5.12. The number of aromatic amines is 2. The number of hydrogen-bond donors (Lipinski definition) is 2. The molecule has 0 bridgehead atoms. The first-order chi connectivity index (χ1) is 11.9. The van der Waals surface area contributed by atoms with E-state index in [4.69, 9.17) is 11.6 Å². The van der Waals surface area contributed by atoms with Crippen molar-refractivity contribution in [1.29, 1.82) is 0 Å². The van der Waals surface area contributed by atoms with Crippen LogP contribution in [0, 0.1) is 0 Å². The first kappa shape index (κ1) is 17.0. The number of para-hydroxylation sites is 1. The molecule has 1 heterocycles. The van der Waals surface area contributed by atoms with Gasteiger partial charge < -0.3 is 0 Å². The van der Waals surface area contributed by atoms with Gasteiger partial charge in [0.05, 0.1) is 27.5 Å². The first-order valence-corrected chi connectivity index (χ1v) is 7.51. The summed E-state index contributed by atoms with van der Waals surface area (Å²) in [4.78, 5) is 16.1. The van der Waals surface area contributed by atoms with Gasteiger partial charge in [-0.25, -0.2) is 0 Å². The van der Waals surface area contributed by atoms with Crippen LogP contribution in [0.4, 0.5) is 18.9 Å². The van der Waals surface area contributed by atoms with Crippen molar-refractivity contribution < 1.29 is 13.2 Å². The predicted molar refractivity (Wildman–Crippen MR) is 90.6 cm³/mol. The van der Waals surface area contributed by atoms with Crippen LogP contribution in [0.15, 0.2) is 58.3 Å². The summed E-state index contributed by atoms with van der Waals surface area (Å²) >= 11 is 5.99. The van der Waals surface area contributed by atoms with Gasteiger partial charge in [0.15, 0.2) is 0 Å². The van der Waals surface area contributed by atoms with Crippen LogP contribution in [0.5, 0.6) is 0 Å². The Hall–Kier alpha value is -2.80. The summed E-state index contributed by atoms with van der Waals surface area (Å²) in [7, 11) is 0. The van der Waals surface area contributed by atoms with E-state index < -0.39 is 17.3 Å². The predicted octanol–water partition coefficient (Wildman–Crippen LogP) is 4.79. The second kappa shape index (κ2) is 6.60. The SMILES string of the molecule is O=c1[nH][nH]c(-c2ccccc2C(F)(F)F)c1C=Nc1ccccc1Cl. The number of halogens is 4. The van der Waals surface area contributed by atoms with Crippen LogP contribution >= 0.6 is 11.6 Å². The van der Waals surface area contributed by atoms with Gasteiger partial charge in [-0.15, -0.1) is 0 Å². The molecule has 0 amide bonds. The smallest absolute Gasteiger partial charge is 0.297 e. The molecule has 2 aromatic carbocycles. The van der Waals surface area contributed by atoms with Crippen molar-refractivity contribution in [3.63, 3.8) is 0 Å². The summed E-state index contributed by atoms with van der Waals surface area (Å²) in [5.74, 6) is 0. The third-order valence-electron chi connectivity index (χ3n) is 3.50. The number of nitrogens with one attached hydrogen (secondary N) is 2. The normalized spacial score (nSPS) is 12.0. The van der Waals surface area contributed by atoms with Crippen molar-refractivity contribution in [2.75, 3.05) is 0 Å². The van der Waals surface area contributed by atoms with Gasteiger partial charge in [0.2, 0.25) is 0 Å². The Bertz CT molecular complexity index is 989. The summed E-state index contributed by atoms with van der Waals surface area (Å²) in [5, 5.41) is 5.15. The number of aromatic nitrogens is 2. The van der Waals surface area contributed by atoms with Gasteiger partial charge in [-0.2, -0.15) is 13.2 Å². The lowest BCUT2D eigenvalue weighted by molar-refractivity contribution is -0.137. The van der Waals surface area contributed by atoms with Gasteiger partial charge >= 0.3 is 6.18 Å². The number of rotatable bonds is 3. The van der Waals surface area contributed by atoms with E-state index in [2.05, 4.69) is 15.2 Å². The van der Waals surface area contributed by atoms with Crippen molar-refractivity contribution in [2.24, 2.45) is 4.99 Å². The average Bonchev–Trinajstić information content (AvgIpc) is 2.94. The lowest BCUT2D eigenvalue weighted by Gasteiger charge is -2.11. The van der Waals surface area contributed by atoms with Crippen molar-refractivity contribution in [2.45, 2.75) is 6.18 Å². The molecule has 0 aliphatic heterocycles. The molecule has 0 saturated heterocycles. The lowest BCUT2D eigenvalue weighted by Crippen LogP contribution is -2.09. The van der Waals surface area contributed by atoms with Gasteiger partial charge in [-0.3, -0.25) is 20.0 Å². The van der Waals surface area contributed by atoms with Gasteiger partial charge in [0, 0.05) is 11.8 Å². The molecule has 3 rings (SSSR count). The Morgan fingerprint density at radius 3 is 2.40 bits per heavy atom. The van der Waals surface area contributed by atoms with Gasteiger partial charge in [0.1, 0.15) is 0 Å². The van der Waals surface area contributed by atoms with E-state index in [9.17, 15) is 18.0 Å². The van der Waals surface area contributed by atoms with E-state index in [-0.39, 0.29) is 16.8 Å². The molecule has 8 heteroatoms. The summed E-state index contributed by atoms with van der Waals surface area (Å²) < 4.78 is 39.7. The number of benzene rings is 2. The monoisotopic (exact) mass is 365 g/mol. The summed E-state index contributed by atoms with van der Waals surface area (Å²) in [6.07, 6.45) is -3.36. The van der Waals surface area contributed by atoms with Gasteiger partial charge in [-0.05, 0) is 18.2 Å². The highest BCUT2D eigenvalue weighted by atomic mass is 35.5. The number of aliphatic imine (C=N–C) groups is 1. The van der Waals surface area contributed by atoms with Crippen LogP contribution in [0.1, 0.15) is 11.1 Å². The van der Waals surface area contributed by atoms with Crippen molar-refractivity contribution >= 4 is 23.5 Å². The molecule has 0 saturated carbocycles. The Morgan fingerprint density at radius 2 is 1.68 bits per heavy atom. The number of alkyl halides is 3. The molecule has 1 aromatic heterocycles. The van der Waals surface area contributed by atoms with Crippen molar-refractivity contribution in [1.82, 2.24) is 10.2 Å². The van der Waals surface area contributed by atoms with Gasteiger partial charge in [0.25, 0.3) is 5.56 Å². The van der Waals surface area contributed by atoms with Crippen LogP contribution in [0.2, 0.25) is 5.02 Å². The van der Waals surface area contributed by atoms with Crippen LogP contribution in [-0.4, -0.2) is 16.4 Å². The van der Waals surface area contributed by atoms with Crippen LogP contribution < -0.4 is 5.56 Å². The fraction of sp³-hybridized carbons (Fsp3) is 0.0588. The molecule has 25 heavy (non-hydrogen) atoms. The van der Waals surface area contributed by atoms with E-state index in [0.29, 0.717) is 10.7 Å². The molecular weight excluding hydrogens is 355 g/mol. The second-order valence-corrected chi connectivity index (χ2v) is 5.53. The molecule has 0 fully saturated rings. The zero-order valence-electron chi connectivity index (χ0n) is 12.6. The average molecular weight is 366 g/mol. The minimum Gasteiger partial charge on any atom is -0.297 e. The zero-order valence-corrected chi connectivity index (χ0v) is 13.3. The largest absolute Gasteiger partial charge is 0.417 e. The molecule has 0 spiro atoms. The summed E-state index contributed by atoms with van der Waals surface area (Å²) in [5.41, 5.74) is -1.18. The third kappa shape index (κ3) is 3.51. The maximum atomic E-state index is 13.2. The molecule has 0 radical (unpaired) electrons. The molecule has 0 atom stereocenters. The fourth-order valence-corrected chi connectivity index (χ4v) is 2.53. The third-order valence-corrected chi connectivity index (χ3v) is 3.82. The summed E-state index contributed by atoms with van der Waals surface area (Å²) in [6.45, 7) is 0. The minimum atomic E-state index is -4.55. The van der Waals surface area contributed by atoms with E-state index in [1.54, 1.807) is 24.3 Å². The summed E-state index contributed by atoms with van der Waals surface area (Å²) in [6, 6.07) is 11.7. The maximum absolute atomic E-state index is 13.2. The van der Waals surface area contributed by atoms with Gasteiger partial charge in [-0.1, -0.05) is 41.9 Å². The molecule has 0 aliphatic carbocycles. The molecule has 0 aliphatic rings. The Morgan fingerprint density at radius 1 is 1.00 bits per heavy atom. The maximum Gasteiger partial charge on any atom is 0.417 e. The Labute approximate surface area is 145 Å². The van der Waals surface area contributed by atoms with E-state index in [1.807, 2.05) is 0 Å².